The first-order valence-corrected chi connectivity index (χ1v) is 6.84. The van der Waals surface area contributed by atoms with Crippen molar-refractivity contribution >= 4 is 17.3 Å². The normalized spacial score (nSPS) is 23.8. The Balaban J connectivity index is 2.14. The summed E-state index contributed by atoms with van der Waals surface area (Å²) in [7, 11) is 1.67. The lowest BCUT2D eigenvalue weighted by molar-refractivity contribution is 0.400. The Hall–Kier alpha value is -0.930. The minimum absolute atomic E-state index is 0.315. The van der Waals surface area contributed by atoms with Crippen LogP contribution >= 0.6 is 11.6 Å². The van der Waals surface area contributed by atoms with Crippen molar-refractivity contribution in [1.29, 1.82) is 0 Å². The first-order chi connectivity index (χ1) is 8.60. The second kappa shape index (κ2) is 5.81. The Kier molecular flexibility index (Phi) is 4.36. The minimum Gasteiger partial charge on any atom is -0.495 e. The van der Waals surface area contributed by atoms with E-state index in [-0.39, 0.29) is 0 Å². The van der Waals surface area contributed by atoms with Crippen LogP contribution in [0.4, 0.5) is 5.69 Å². The summed E-state index contributed by atoms with van der Waals surface area (Å²) < 4.78 is 5.37. The third kappa shape index (κ3) is 3.09. The zero-order chi connectivity index (χ0) is 13.1. The van der Waals surface area contributed by atoms with Crippen LogP contribution in [0.2, 0.25) is 5.02 Å². The highest BCUT2D eigenvalue weighted by Crippen LogP contribution is 2.33. The Labute approximate surface area is 114 Å². The number of aryl methyl sites for hydroxylation is 1. The van der Waals surface area contributed by atoms with E-state index in [2.05, 4.69) is 5.32 Å². The number of anilines is 1. The Morgan fingerprint density at radius 3 is 2.83 bits per heavy atom. The maximum Gasteiger partial charge on any atom is 0.143 e. The van der Waals surface area contributed by atoms with Crippen molar-refractivity contribution in [2.75, 3.05) is 12.4 Å². The highest BCUT2D eigenvalue weighted by atomic mass is 35.5. The molecule has 0 bridgehead atoms. The molecule has 1 fully saturated rings. The summed E-state index contributed by atoms with van der Waals surface area (Å²) >= 11 is 6.10. The molecule has 0 spiro atoms. The van der Waals surface area contributed by atoms with Gasteiger partial charge in [-0.25, -0.2) is 0 Å². The van der Waals surface area contributed by atoms with Gasteiger partial charge in [0.2, 0.25) is 0 Å². The molecule has 2 unspecified atom stereocenters. The highest BCUT2D eigenvalue weighted by Gasteiger charge is 2.20. The number of rotatable bonds is 3. The van der Waals surface area contributed by atoms with Crippen molar-refractivity contribution in [3.8, 4) is 5.75 Å². The van der Waals surface area contributed by atoms with Crippen molar-refractivity contribution in [3.05, 3.63) is 22.7 Å². The lowest BCUT2D eigenvalue weighted by Gasteiger charge is -2.29. The van der Waals surface area contributed by atoms with Crippen LogP contribution in [-0.4, -0.2) is 19.2 Å². The van der Waals surface area contributed by atoms with E-state index < -0.39 is 0 Å². The van der Waals surface area contributed by atoms with E-state index in [9.17, 15) is 0 Å². The van der Waals surface area contributed by atoms with Gasteiger partial charge in [0.15, 0.2) is 0 Å². The molecule has 2 atom stereocenters. The number of benzene rings is 1. The summed E-state index contributed by atoms with van der Waals surface area (Å²) in [5.74, 6) is 0.796. The molecule has 0 heterocycles. The van der Waals surface area contributed by atoms with E-state index in [1.54, 1.807) is 7.11 Å². The van der Waals surface area contributed by atoms with Crippen molar-refractivity contribution < 1.29 is 4.74 Å². The fraction of sp³-hybridized carbons (Fsp3) is 0.571. The Bertz CT molecular complexity index is 423. The van der Waals surface area contributed by atoms with Gasteiger partial charge >= 0.3 is 0 Å². The molecule has 0 saturated heterocycles. The van der Waals surface area contributed by atoms with E-state index in [0.717, 1.165) is 34.9 Å². The van der Waals surface area contributed by atoms with Crippen LogP contribution in [0.25, 0.3) is 0 Å². The zero-order valence-electron chi connectivity index (χ0n) is 11.0. The van der Waals surface area contributed by atoms with Gasteiger partial charge in [-0.1, -0.05) is 11.6 Å². The van der Waals surface area contributed by atoms with Crippen LogP contribution < -0.4 is 15.8 Å². The monoisotopic (exact) mass is 268 g/mol. The van der Waals surface area contributed by atoms with Gasteiger partial charge in [-0.15, -0.1) is 0 Å². The smallest absolute Gasteiger partial charge is 0.143 e. The van der Waals surface area contributed by atoms with Gasteiger partial charge in [0.25, 0.3) is 0 Å². The van der Waals surface area contributed by atoms with Gasteiger partial charge in [-0.3, -0.25) is 0 Å². The largest absolute Gasteiger partial charge is 0.495 e. The maximum absolute atomic E-state index is 6.10. The fourth-order valence-corrected chi connectivity index (χ4v) is 2.68. The van der Waals surface area contributed by atoms with Crippen molar-refractivity contribution in [1.82, 2.24) is 0 Å². The number of hydrogen-bond acceptors (Lipinski definition) is 3. The molecule has 4 heteroatoms. The van der Waals surface area contributed by atoms with Gasteiger partial charge in [0, 0.05) is 23.2 Å². The third-order valence-electron chi connectivity index (χ3n) is 3.56. The van der Waals surface area contributed by atoms with Crippen molar-refractivity contribution in [2.45, 2.75) is 44.7 Å². The molecule has 0 aromatic heterocycles. The fourth-order valence-electron chi connectivity index (χ4n) is 2.52. The molecular formula is C14H21ClN2O. The van der Waals surface area contributed by atoms with Crippen molar-refractivity contribution in [3.63, 3.8) is 0 Å². The maximum atomic E-state index is 6.10. The summed E-state index contributed by atoms with van der Waals surface area (Å²) in [6.45, 7) is 2.00. The molecule has 1 aliphatic rings. The molecule has 1 saturated carbocycles. The molecule has 0 amide bonds. The lowest BCUT2D eigenvalue weighted by Crippen LogP contribution is -2.34. The van der Waals surface area contributed by atoms with Crippen LogP contribution in [0, 0.1) is 6.92 Å². The number of hydrogen-bond donors (Lipinski definition) is 2. The predicted octanol–water partition coefficient (Wildman–Crippen LogP) is 3.34. The van der Waals surface area contributed by atoms with Crippen LogP contribution in [0.3, 0.4) is 0 Å². The summed E-state index contributed by atoms with van der Waals surface area (Å²) in [6, 6.07) is 4.65. The second-order valence-electron chi connectivity index (χ2n) is 5.07. The summed E-state index contributed by atoms with van der Waals surface area (Å²) in [4.78, 5) is 0. The van der Waals surface area contributed by atoms with Gasteiger partial charge in [0.1, 0.15) is 5.75 Å². The molecule has 2 rings (SSSR count). The molecule has 0 radical (unpaired) electrons. The quantitative estimate of drug-likeness (QED) is 0.884. The third-order valence-corrected chi connectivity index (χ3v) is 3.96. The molecule has 100 valence electrons. The molecule has 0 aliphatic heterocycles. The van der Waals surface area contributed by atoms with Crippen molar-refractivity contribution in [2.24, 2.45) is 5.73 Å². The number of nitrogens with one attached hydrogen (secondary N) is 1. The first kappa shape index (κ1) is 13.5. The Morgan fingerprint density at radius 2 is 2.17 bits per heavy atom. The first-order valence-electron chi connectivity index (χ1n) is 6.46. The molecule has 1 aromatic carbocycles. The van der Waals surface area contributed by atoms with Crippen LogP contribution in [0.5, 0.6) is 5.75 Å². The minimum atomic E-state index is 0.315. The van der Waals surface area contributed by atoms with E-state index in [1.165, 1.54) is 12.8 Å². The summed E-state index contributed by atoms with van der Waals surface area (Å²) in [5.41, 5.74) is 8.08. The lowest BCUT2D eigenvalue weighted by atomic mass is 9.91. The second-order valence-corrected chi connectivity index (χ2v) is 5.48. The van der Waals surface area contributed by atoms with Gasteiger partial charge < -0.3 is 15.8 Å². The van der Waals surface area contributed by atoms with Crippen LogP contribution in [-0.2, 0) is 0 Å². The SMILES string of the molecule is COc1cc(Cl)c(C)cc1NC1CCCC(N)C1. The average molecular weight is 269 g/mol. The van der Waals surface area contributed by atoms with E-state index in [0.29, 0.717) is 12.1 Å². The number of nitrogens with two attached hydrogens (primary N) is 1. The Morgan fingerprint density at radius 1 is 1.39 bits per heavy atom. The van der Waals surface area contributed by atoms with Crippen LogP contribution in [0.15, 0.2) is 12.1 Å². The molecule has 1 aliphatic carbocycles. The van der Waals surface area contributed by atoms with Gasteiger partial charge in [0.05, 0.1) is 12.8 Å². The average Bonchev–Trinajstić information content (AvgIpc) is 2.33. The molecule has 18 heavy (non-hydrogen) atoms. The van der Waals surface area contributed by atoms with E-state index >= 15 is 0 Å². The molecule has 3 nitrogen and oxygen atoms in total. The zero-order valence-corrected chi connectivity index (χ0v) is 11.8. The van der Waals surface area contributed by atoms with Gasteiger partial charge in [-0.2, -0.15) is 0 Å². The number of ether oxygens (including phenoxy) is 1. The van der Waals surface area contributed by atoms with E-state index in [1.807, 2.05) is 19.1 Å². The van der Waals surface area contributed by atoms with Crippen LogP contribution in [0.1, 0.15) is 31.2 Å². The van der Waals surface area contributed by atoms with Gasteiger partial charge in [-0.05, 0) is 44.2 Å². The standard InChI is InChI=1S/C14H21ClN2O/c1-9-6-13(14(18-2)8-12(9)15)17-11-5-3-4-10(16)7-11/h6,8,10-11,17H,3-5,7,16H2,1-2H3. The highest BCUT2D eigenvalue weighted by molar-refractivity contribution is 6.31. The molecule has 1 aromatic rings. The summed E-state index contributed by atoms with van der Waals surface area (Å²) in [5, 5.41) is 4.27. The topological polar surface area (TPSA) is 47.3 Å². The molecular weight excluding hydrogens is 248 g/mol. The molecule has 3 N–H and O–H groups in total. The number of methoxy groups -OCH3 is 1. The summed E-state index contributed by atoms with van der Waals surface area (Å²) in [6.07, 6.45) is 4.51. The van der Waals surface area contributed by atoms with E-state index in [4.69, 9.17) is 22.1 Å². The predicted molar refractivity (Wildman–Crippen MR) is 76.6 cm³/mol. The number of halogens is 1.